The van der Waals surface area contributed by atoms with Gasteiger partial charge in [-0.2, -0.15) is 0 Å². The molecule has 29 heavy (non-hydrogen) atoms. The van der Waals surface area contributed by atoms with E-state index in [1.807, 2.05) is 38.4 Å². The number of pyridine rings is 1. The van der Waals surface area contributed by atoms with Crippen LogP contribution in [0.25, 0.3) is 0 Å². The van der Waals surface area contributed by atoms with Crippen molar-refractivity contribution in [2.45, 2.75) is 19.7 Å². The topological polar surface area (TPSA) is 34.5 Å². The van der Waals surface area contributed by atoms with Gasteiger partial charge in [0.2, 0.25) is 0 Å². The second-order valence-corrected chi connectivity index (χ2v) is 7.88. The Hall–Kier alpha value is -2.51. The van der Waals surface area contributed by atoms with Crippen LogP contribution in [0.3, 0.4) is 0 Å². The zero-order valence-electron chi connectivity index (χ0n) is 16.2. The van der Waals surface area contributed by atoms with Crippen LogP contribution in [0.1, 0.15) is 16.7 Å². The van der Waals surface area contributed by atoms with Crippen LogP contribution in [0.4, 0.5) is 8.78 Å². The highest BCUT2D eigenvalue weighted by Crippen LogP contribution is 2.24. The predicted molar refractivity (Wildman–Crippen MR) is 112 cm³/mol. The summed E-state index contributed by atoms with van der Waals surface area (Å²) in [5, 5.41) is 0. The molecule has 0 aliphatic rings. The molecule has 0 amide bonds. The Bertz CT molecular complexity index is 1050. The first-order valence-corrected chi connectivity index (χ1v) is 9.80. The molecule has 0 bridgehead atoms. The average Bonchev–Trinajstić information content (AvgIpc) is 2.65. The lowest BCUT2D eigenvalue weighted by Crippen LogP contribution is -2.20. The summed E-state index contributed by atoms with van der Waals surface area (Å²) in [5.74, 6) is -1.03. The van der Waals surface area contributed by atoms with Gasteiger partial charge < -0.3 is 14.2 Å². The van der Waals surface area contributed by atoms with Gasteiger partial charge in [0.05, 0.1) is 11.0 Å². The van der Waals surface area contributed by atoms with Crippen molar-refractivity contribution in [3.8, 4) is 5.75 Å². The fraction of sp³-hybridized carbons (Fsp3) is 0.227. The molecule has 0 unspecified atom stereocenters. The Kier molecular flexibility index (Phi) is 6.82. The molecule has 7 heteroatoms. The molecule has 0 aliphatic carbocycles. The molecule has 0 atom stereocenters. The van der Waals surface area contributed by atoms with Crippen LogP contribution in [0.15, 0.2) is 64.0 Å². The van der Waals surface area contributed by atoms with E-state index >= 15 is 0 Å². The number of hydrogen-bond acceptors (Lipinski definition) is 3. The van der Waals surface area contributed by atoms with Crippen LogP contribution in [0, 0.1) is 11.6 Å². The Balaban J connectivity index is 1.71. The fourth-order valence-electron chi connectivity index (χ4n) is 2.87. The number of benzene rings is 2. The minimum absolute atomic E-state index is 0.110. The molecule has 0 saturated carbocycles. The molecule has 3 rings (SSSR count). The lowest BCUT2D eigenvalue weighted by molar-refractivity contribution is 0.296. The first kappa shape index (κ1) is 21.2. The molecule has 0 fully saturated rings. The zero-order chi connectivity index (χ0) is 21.0. The highest BCUT2D eigenvalue weighted by Gasteiger charge is 2.10. The second kappa shape index (κ2) is 9.33. The van der Waals surface area contributed by atoms with E-state index in [9.17, 15) is 13.6 Å². The van der Waals surface area contributed by atoms with Crippen LogP contribution in [-0.2, 0) is 19.7 Å². The van der Waals surface area contributed by atoms with Gasteiger partial charge in [0.15, 0.2) is 0 Å². The summed E-state index contributed by atoms with van der Waals surface area (Å²) in [6.07, 6.45) is 1.65. The van der Waals surface area contributed by atoms with Crippen molar-refractivity contribution in [3.05, 3.63) is 97.9 Å². The van der Waals surface area contributed by atoms with Crippen molar-refractivity contribution >= 4 is 15.9 Å². The smallest absolute Gasteiger partial charge is 0.254 e. The van der Waals surface area contributed by atoms with Gasteiger partial charge in [-0.15, -0.1) is 0 Å². The first-order chi connectivity index (χ1) is 13.8. The second-order valence-electron chi connectivity index (χ2n) is 7.03. The quantitative estimate of drug-likeness (QED) is 0.515. The lowest BCUT2D eigenvalue weighted by atomic mass is 10.1. The van der Waals surface area contributed by atoms with Gasteiger partial charge in [0, 0.05) is 30.4 Å². The summed E-state index contributed by atoms with van der Waals surface area (Å²) < 4.78 is 34.4. The number of nitrogens with zero attached hydrogens (tertiary/aromatic N) is 2. The summed E-state index contributed by atoms with van der Waals surface area (Å²) in [6, 6.07) is 12.7. The Morgan fingerprint density at radius 3 is 2.38 bits per heavy atom. The van der Waals surface area contributed by atoms with Crippen LogP contribution in [-0.4, -0.2) is 23.6 Å². The molecule has 0 spiro atoms. The normalized spacial score (nSPS) is 11.1. The van der Waals surface area contributed by atoms with Gasteiger partial charge in [0.25, 0.3) is 5.56 Å². The van der Waals surface area contributed by atoms with E-state index in [1.165, 1.54) is 23.8 Å². The Labute approximate surface area is 176 Å². The number of rotatable bonds is 7. The maximum atomic E-state index is 13.7. The SMILES string of the molecule is CN(C)Cc1ccc(Cn2cc(Br)c(OCc3ccc(F)cc3F)cc2=O)cc1. The van der Waals surface area contributed by atoms with E-state index in [1.54, 1.807) is 10.8 Å². The van der Waals surface area contributed by atoms with Crippen molar-refractivity contribution in [2.24, 2.45) is 0 Å². The molecule has 3 aromatic rings. The highest BCUT2D eigenvalue weighted by molar-refractivity contribution is 9.10. The fourth-order valence-corrected chi connectivity index (χ4v) is 3.34. The summed E-state index contributed by atoms with van der Waals surface area (Å²) in [6.45, 7) is 1.17. The van der Waals surface area contributed by atoms with Gasteiger partial charge in [0.1, 0.15) is 24.0 Å². The van der Waals surface area contributed by atoms with Crippen molar-refractivity contribution in [3.63, 3.8) is 0 Å². The average molecular weight is 463 g/mol. The standard InChI is InChI=1S/C22H21BrF2N2O2/c1-26(2)11-15-3-5-16(6-4-15)12-27-13-19(23)21(10-22(27)28)29-14-17-7-8-18(24)9-20(17)25/h3-10,13H,11-12,14H2,1-2H3. The molecule has 0 radical (unpaired) electrons. The zero-order valence-corrected chi connectivity index (χ0v) is 17.7. The van der Waals surface area contributed by atoms with Gasteiger partial charge in [-0.05, 0) is 53.3 Å². The molecular weight excluding hydrogens is 442 g/mol. The van der Waals surface area contributed by atoms with Gasteiger partial charge >= 0.3 is 0 Å². The summed E-state index contributed by atoms with van der Waals surface area (Å²) >= 11 is 3.39. The van der Waals surface area contributed by atoms with E-state index in [-0.39, 0.29) is 17.7 Å². The summed E-state index contributed by atoms with van der Waals surface area (Å²) in [5.41, 5.74) is 2.17. The molecular formula is C22H21BrF2N2O2. The van der Waals surface area contributed by atoms with Crippen LogP contribution in [0.2, 0.25) is 0 Å². The summed E-state index contributed by atoms with van der Waals surface area (Å²) in [4.78, 5) is 14.6. The van der Waals surface area contributed by atoms with E-state index in [2.05, 4.69) is 20.8 Å². The van der Waals surface area contributed by atoms with Crippen LogP contribution in [0.5, 0.6) is 5.75 Å². The molecule has 0 N–H and O–H groups in total. The van der Waals surface area contributed by atoms with Crippen molar-refractivity contribution < 1.29 is 13.5 Å². The molecule has 1 heterocycles. The van der Waals surface area contributed by atoms with Crippen molar-refractivity contribution in [2.75, 3.05) is 14.1 Å². The third-order valence-electron chi connectivity index (χ3n) is 4.32. The van der Waals surface area contributed by atoms with E-state index in [0.717, 1.165) is 18.2 Å². The summed E-state index contributed by atoms with van der Waals surface area (Å²) in [7, 11) is 4.03. The van der Waals surface area contributed by atoms with Gasteiger partial charge in [-0.3, -0.25) is 4.79 Å². The van der Waals surface area contributed by atoms with Crippen LogP contribution >= 0.6 is 15.9 Å². The minimum Gasteiger partial charge on any atom is -0.487 e. The van der Waals surface area contributed by atoms with Crippen LogP contribution < -0.4 is 10.3 Å². The molecule has 1 aromatic heterocycles. The number of ether oxygens (including phenoxy) is 1. The highest BCUT2D eigenvalue weighted by atomic mass is 79.9. The molecule has 152 valence electrons. The largest absolute Gasteiger partial charge is 0.487 e. The molecule has 4 nitrogen and oxygen atoms in total. The van der Waals surface area contributed by atoms with E-state index in [4.69, 9.17) is 4.74 Å². The van der Waals surface area contributed by atoms with Crippen molar-refractivity contribution in [1.29, 1.82) is 0 Å². The van der Waals surface area contributed by atoms with Gasteiger partial charge in [-0.25, -0.2) is 8.78 Å². The third kappa shape index (κ3) is 5.74. The van der Waals surface area contributed by atoms with E-state index < -0.39 is 11.6 Å². The Morgan fingerprint density at radius 2 is 1.72 bits per heavy atom. The monoisotopic (exact) mass is 462 g/mol. The number of hydrogen-bond donors (Lipinski definition) is 0. The maximum absolute atomic E-state index is 13.7. The maximum Gasteiger partial charge on any atom is 0.254 e. The van der Waals surface area contributed by atoms with Crippen molar-refractivity contribution in [1.82, 2.24) is 9.47 Å². The molecule has 0 aliphatic heterocycles. The Morgan fingerprint density at radius 1 is 1.03 bits per heavy atom. The van der Waals surface area contributed by atoms with E-state index in [0.29, 0.717) is 16.8 Å². The lowest BCUT2D eigenvalue weighted by Gasteiger charge is -2.13. The number of halogens is 3. The minimum atomic E-state index is -0.688. The first-order valence-electron chi connectivity index (χ1n) is 9.01. The number of aromatic nitrogens is 1. The van der Waals surface area contributed by atoms with Gasteiger partial charge in [-0.1, -0.05) is 24.3 Å². The third-order valence-corrected chi connectivity index (χ3v) is 4.91. The molecule has 0 saturated heterocycles. The molecule has 2 aromatic carbocycles. The predicted octanol–water partition coefficient (Wildman–Crippen LogP) is 4.58.